The van der Waals surface area contributed by atoms with Crippen molar-refractivity contribution in [3.63, 3.8) is 0 Å². The predicted octanol–water partition coefficient (Wildman–Crippen LogP) is 3.96. The Hall–Kier alpha value is -3.07. The van der Waals surface area contributed by atoms with Gasteiger partial charge in [-0.15, -0.1) is 11.8 Å². The van der Waals surface area contributed by atoms with E-state index < -0.39 is 28.2 Å². The molecule has 0 bridgehead atoms. The second-order valence-corrected chi connectivity index (χ2v) is 7.70. The van der Waals surface area contributed by atoms with Crippen molar-refractivity contribution in [2.75, 3.05) is 12.4 Å². The number of carbonyl (C=O) groups is 2. The molecule has 2 aromatic rings. The van der Waals surface area contributed by atoms with E-state index in [-0.39, 0.29) is 17.1 Å². The minimum atomic E-state index is -1.12. The maximum atomic E-state index is 12.3. The molecule has 2 aromatic carbocycles. The van der Waals surface area contributed by atoms with E-state index in [1.54, 1.807) is 6.92 Å². The minimum absolute atomic E-state index is 0.00854. The summed E-state index contributed by atoms with van der Waals surface area (Å²) in [5.41, 5.74) is 0.785. The van der Waals surface area contributed by atoms with Crippen LogP contribution in [-0.4, -0.2) is 35.3 Å². The standard InChI is InChI=1S/C20H22N2O6S/c1-12-5-8-16(9-6-12)29-14(3)20(24)28-13(2)19(23)21-17-10-7-15(27-4)11-18(17)22(25)26/h5-11,13-14H,1-4H3,(H,21,23)/t13-,14+/m0/s1. The zero-order chi connectivity index (χ0) is 21.6. The van der Waals surface area contributed by atoms with Gasteiger partial charge < -0.3 is 14.8 Å². The van der Waals surface area contributed by atoms with Crippen molar-refractivity contribution < 1.29 is 24.0 Å². The SMILES string of the molecule is COc1ccc(NC(=O)[C@H](C)OC(=O)[C@@H](C)Sc2ccc(C)cc2)c([N+](=O)[O-])c1. The Balaban J connectivity index is 1.98. The van der Waals surface area contributed by atoms with Crippen molar-refractivity contribution >= 4 is 35.0 Å². The highest BCUT2D eigenvalue weighted by molar-refractivity contribution is 8.00. The molecule has 1 N–H and O–H groups in total. The molecular formula is C20H22N2O6S. The van der Waals surface area contributed by atoms with Gasteiger partial charge in [0.05, 0.1) is 18.1 Å². The molecule has 0 aromatic heterocycles. The summed E-state index contributed by atoms with van der Waals surface area (Å²) in [4.78, 5) is 36.1. The second kappa shape index (κ2) is 9.92. The largest absolute Gasteiger partial charge is 0.496 e. The first-order valence-corrected chi connectivity index (χ1v) is 9.66. The minimum Gasteiger partial charge on any atom is -0.496 e. The van der Waals surface area contributed by atoms with Crippen LogP contribution in [0.25, 0.3) is 0 Å². The molecule has 0 aliphatic carbocycles. The monoisotopic (exact) mass is 418 g/mol. The van der Waals surface area contributed by atoms with E-state index in [9.17, 15) is 19.7 Å². The van der Waals surface area contributed by atoms with Crippen molar-refractivity contribution in [1.29, 1.82) is 0 Å². The molecule has 0 spiro atoms. The summed E-state index contributed by atoms with van der Waals surface area (Å²) >= 11 is 1.32. The molecule has 0 heterocycles. The van der Waals surface area contributed by atoms with Crippen LogP contribution in [0, 0.1) is 17.0 Å². The molecule has 8 nitrogen and oxygen atoms in total. The van der Waals surface area contributed by atoms with Crippen LogP contribution in [0.1, 0.15) is 19.4 Å². The van der Waals surface area contributed by atoms with Crippen LogP contribution in [0.2, 0.25) is 0 Å². The van der Waals surface area contributed by atoms with E-state index in [1.807, 2.05) is 31.2 Å². The Labute approximate surface area is 172 Å². The number of hydrogen-bond acceptors (Lipinski definition) is 7. The van der Waals surface area contributed by atoms with Crippen molar-refractivity contribution in [2.24, 2.45) is 0 Å². The first-order valence-electron chi connectivity index (χ1n) is 8.78. The van der Waals surface area contributed by atoms with Crippen LogP contribution in [0.15, 0.2) is 47.4 Å². The lowest BCUT2D eigenvalue weighted by Crippen LogP contribution is -2.32. The third-order valence-corrected chi connectivity index (χ3v) is 5.08. The van der Waals surface area contributed by atoms with Gasteiger partial charge in [-0.1, -0.05) is 17.7 Å². The number of methoxy groups -OCH3 is 1. The number of esters is 1. The molecule has 2 atom stereocenters. The summed E-state index contributed by atoms with van der Waals surface area (Å²) in [6, 6.07) is 11.7. The molecular weight excluding hydrogens is 396 g/mol. The number of nitro benzene ring substituents is 1. The zero-order valence-corrected chi connectivity index (χ0v) is 17.3. The Morgan fingerprint density at radius 1 is 1.14 bits per heavy atom. The maximum absolute atomic E-state index is 12.3. The Kier molecular flexibility index (Phi) is 7.60. The normalized spacial score (nSPS) is 12.6. The molecule has 0 radical (unpaired) electrons. The Morgan fingerprint density at radius 3 is 2.38 bits per heavy atom. The number of rotatable bonds is 8. The van der Waals surface area contributed by atoms with Crippen LogP contribution in [0.4, 0.5) is 11.4 Å². The van der Waals surface area contributed by atoms with E-state index in [4.69, 9.17) is 9.47 Å². The molecule has 0 fully saturated rings. The third-order valence-electron chi connectivity index (χ3n) is 3.99. The van der Waals surface area contributed by atoms with E-state index in [2.05, 4.69) is 5.32 Å². The average Bonchev–Trinajstić information content (AvgIpc) is 2.69. The Morgan fingerprint density at radius 2 is 1.79 bits per heavy atom. The van der Waals surface area contributed by atoms with Gasteiger partial charge in [0.25, 0.3) is 11.6 Å². The number of nitrogens with zero attached hydrogens (tertiary/aromatic N) is 1. The summed E-state index contributed by atoms with van der Waals surface area (Å²) in [7, 11) is 1.38. The predicted molar refractivity (Wildman–Crippen MR) is 110 cm³/mol. The third kappa shape index (κ3) is 6.21. The van der Waals surface area contributed by atoms with Crippen LogP contribution in [-0.2, 0) is 14.3 Å². The number of thioether (sulfide) groups is 1. The first-order chi connectivity index (χ1) is 13.7. The fourth-order valence-corrected chi connectivity index (χ4v) is 3.18. The molecule has 2 rings (SSSR count). The van der Waals surface area contributed by atoms with Crippen LogP contribution in [0.3, 0.4) is 0 Å². The van der Waals surface area contributed by atoms with Crippen molar-refractivity contribution in [3.05, 3.63) is 58.1 Å². The van der Waals surface area contributed by atoms with Gasteiger partial charge >= 0.3 is 5.97 Å². The number of ether oxygens (including phenoxy) is 2. The molecule has 29 heavy (non-hydrogen) atoms. The molecule has 154 valence electrons. The number of carbonyl (C=O) groups excluding carboxylic acids is 2. The lowest BCUT2D eigenvalue weighted by molar-refractivity contribution is -0.384. The summed E-state index contributed by atoms with van der Waals surface area (Å²) in [5, 5.41) is 13.1. The molecule has 0 unspecified atom stereocenters. The van der Waals surface area contributed by atoms with E-state index in [0.29, 0.717) is 0 Å². The first kappa shape index (κ1) is 22.2. The smallest absolute Gasteiger partial charge is 0.319 e. The average molecular weight is 418 g/mol. The van der Waals surface area contributed by atoms with Crippen molar-refractivity contribution in [2.45, 2.75) is 37.0 Å². The van der Waals surface area contributed by atoms with Gasteiger partial charge in [0, 0.05) is 4.90 Å². The quantitative estimate of drug-likeness (QED) is 0.299. The maximum Gasteiger partial charge on any atom is 0.319 e. The number of amides is 1. The molecule has 9 heteroatoms. The fraction of sp³-hybridized carbons (Fsp3) is 0.300. The van der Waals surface area contributed by atoms with Crippen LogP contribution >= 0.6 is 11.8 Å². The van der Waals surface area contributed by atoms with Gasteiger partial charge in [-0.25, -0.2) is 0 Å². The molecule has 0 aliphatic rings. The van der Waals surface area contributed by atoms with Crippen molar-refractivity contribution in [3.8, 4) is 5.75 Å². The topological polar surface area (TPSA) is 108 Å². The highest BCUT2D eigenvalue weighted by Crippen LogP contribution is 2.29. The van der Waals surface area contributed by atoms with E-state index in [1.165, 1.54) is 44.0 Å². The fourth-order valence-electron chi connectivity index (χ4n) is 2.32. The van der Waals surface area contributed by atoms with Crippen molar-refractivity contribution in [1.82, 2.24) is 0 Å². The summed E-state index contributed by atoms with van der Waals surface area (Å²) < 4.78 is 10.2. The lowest BCUT2D eigenvalue weighted by Gasteiger charge is -2.16. The summed E-state index contributed by atoms with van der Waals surface area (Å²) in [6.07, 6.45) is -1.12. The van der Waals surface area contributed by atoms with Crippen LogP contribution < -0.4 is 10.1 Å². The van der Waals surface area contributed by atoms with Gasteiger partial charge in [-0.05, 0) is 45.0 Å². The molecule has 0 aliphatic heterocycles. The highest BCUT2D eigenvalue weighted by atomic mass is 32.2. The second-order valence-electron chi connectivity index (χ2n) is 6.28. The lowest BCUT2D eigenvalue weighted by atomic mass is 10.2. The Bertz CT molecular complexity index is 900. The summed E-state index contributed by atoms with van der Waals surface area (Å²) in [5.74, 6) is -0.933. The number of nitro groups is 1. The number of hydrogen-bond donors (Lipinski definition) is 1. The number of aryl methyl sites for hydroxylation is 1. The molecule has 0 saturated heterocycles. The molecule has 0 saturated carbocycles. The molecule has 1 amide bonds. The van der Waals surface area contributed by atoms with Gasteiger partial charge in [0.1, 0.15) is 16.7 Å². The van der Waals surface area contributed by atoms with Gasteiger partial charge in [0.15, 0.2) is 6.10 Å². The van der Waals surface area contributed by atoms with Crippen LogP contribution in [0.5, 0.6) is 5.75 Å². The van der Waals surface area contributed by atoms with E-state index in [0.717, 1.165) is 10.5 Å². The number of benzene rings is 2. The highest BCUT2D eigenvalue weighted by Gasteiger charge is 2.25. The van der Waals surface area contributed by atoms with Gasteiger partial charge in [-0.2, -0.15) is 0 Å². The number of nitrogens with one attached hydrogen (secondary N) is 1. The van der Waals surface area contributed by atoms with Gasteiger partial charge in [-0.3, -0.25) is 19.7 Å². The summed E-state index contributed by atoms with van der Waals surface area (Å²) in [6.45, 7) is 5.07. The van der Waals surface area contributed by atoms with Gasteiger partial charge in [0.2, 0.25) is 0 Å². The number of anilines is 1. The zero-order valence-electron chi connectivity index (χ0n) is 16.5. The van der Waals surface area contributed by atoms with E-state index >= 15 is 0 Å².